The smallest absolute Gasteiger partial charge is 0.269 e. The summed E-state index contributed by atoms with van der Waals surface area (Å²) in [4.78, 5) is 23.3. The molecular formula is C10H8BrNO2S. The second-order valence-electron chi connectivity index (χ2n) is 3.01. The van der Waals surface area contributed by atoms with E-state index in [1.54, 1.807) is 18.2 Å². The minimum absolute atomic E-state index is 0.196. The molecule has 0 aliphatic rings. The van der Waals surface area contributed by atoms with Crippen LogP contribution < -0.4 is 10.4 Å². The first-order valence-corrected chi connectivity index (χ1v) is 6.36. The summed E-state index contributed by atoms with van der Waals surface area (Å²) in [7, 11) is 0. The minimum Gasteiger partial charge on any atom is -0.269 e. The Kier molecular flexibility index (Phi) is 3.02. The molecule has 0 amide bonds. The van der Waals surface area contributed by atoms with Crippen molar-refractivity contribution in [3.8, 4) is 0 Å². The fourth-order valence-electron chi connectivity index (χ4n) is 1.39. The van der Waals surface area contributed by atoms with Gasteiger partial charge in [0.05, 0.1) is 5.39 Å². The Morgan fingerprint density at radius 2 is 2.00 bits per heavy atom. The molecule has 0 radical (unpaired) electrons. The van der Waals surface area contributed by atoms with Gasteiger partial charge in [-0.15, -0.1) is 0 Å². The molecule has 78 valence electrons. The summed E-state index contributed by atoms with van der Waals surface area (Å²) < 4.78 is 2.01. The summed E-state index contributed by atoms with van der Waals surface area (Å²) in [5.41, 5.74) is -0.200. The number of nitrogens with zero attached hydrogens (tertiary/aromatic N) is 1. The zero-order valence-corrected chi connectivity index (χ0v) is 10.2. The van der Waals surface area contributed by atoms with Gasteiger partial charge in [-0.05, 0) is 12.1 Å². The Morgan fingerprint density at radius 3 is 2.73 bits per heavy atom. The molecule has 1 aromatic carbocycles. The first-order chi connectivity index (χ1) is 7.24. The van der Waals surface area contributed by atoms with Crippen LogP contribution in [0.5, 0.6) is 0 Å². The predicted octanol–water partition coefficient (Wildman–Crippen LogP) is 1.82. The number of hydrogen-bond acceptors (Lipinski definition) is 3. The van der Waals surface area contributed by atoms with E-state index in [0.29, 0.717) is 17.3 Å². The van der Waals surface area contributed by atoms with Crippen molar-refractivity contribution >= 4 is 37.4 Å². The lowest BCUT2D eigenvalue weighted by Crippen LogP contribution is -2.31. The van der Waals surface area contributed by atoms with Gasteiger partial charge in [0, 0.05) is 16.6 Å². The Labute approximate surface area is 98.1 Å². The Morgan fingerprint density at radius 1 is 1.27 bits per heavy atom. The molecule has 0 aliphatic carbocycles. The van der Waals surface area contributed by atoms with Gasteiger partial charge in [-0.1, -0.05) is 39.4 Å². The third kappa shape index (κ3) is 1.89. The molecule has 15 heavy (non-hydrogen) atoms. The topological polar surface area (TPSA) is 39.1 Å². The van der Waals surface area contributed by atoms with Gasteiger partial charge in [-0.25, -0.2) is 0 Å². The van der Waals surface area contributed by atoms with Crippen LogP contribution in [-0.4, -0.2) is 9.90 Å². The lowest BCUT2D eigenvalue weighted by Gasteiger charge is -2.02. The molecule has 3 nitrogen and oxygen atoms in total. The van der Waals surface area contributed by atoms with E-state index in [9.17, 15) is 9.59 Å². The number of rotatable bonds is 2. The minimum atomic E-state index is -0.200. The van der Waals surface area contributed by atoms with E-state index in [-0.39, 0.29) is 10.4 Å². The van der Waals surface area contributed by atoms with Crippen molar-refractivity contribution in [3.05, 3.63) is 44.3 Å². The van der Waals surface area contributed by atoms with Gasteiger partial charge in [0.2, 0.25) is 0 Å². The summed E-state index contributed by atoms with van der Waals surface area (Å²) in [5, 5.41) is 1.22. The van der Waals surface area contributed by atoms with Crippen LogP contribution >= 0.6 is 27.3 Å². The molecule has 0 fully saturated rings. The Balaban J connectivity index is 2.85. The predicted molar refractivity (Wildman–Crippen MR) is 66.1 cm³/mol. The number of alkyl halides is 1. The summed E-state index contributed by atoms with van der Waals surface area (Å²) >= 11 is 4.33. The Hall–Kier alpha value is -0.940. The molecule has 0 saturated carbocycles. The normalized spacial score (nSPS) is 10.7. The van der Waals surface area contributed by atoms with Crippen molar-refractivity contribution in [2.45, 2.75) is 6.54 Å². The van der Waals surface area contributed by atoms with Crippen LogP contribution in [0.25, 0.3) is 10.1 Å². The van der Waals surface area contributed by atoms with Crippen LogP contribution in [-0.2, 0) is 6.54 Å². The molecule has 0 saturated heterocycles. The van der Waals surface area contributed by atoms with Gasteiger partial charge in [-0.2, -0.15) is 0 Å². The quantitative estimate of drug-likeness (QED) is 0.790. The van der Waals surface area contributed by atoms with Crippen LogP contribution in [0.2, 0.25) is 0 Å². The zero-order chi connectivity index (χ0) is 10.8. The van der Waals surface area contributed by atoms with Gasteiger partial charge >= 0.3 is 4.87 Å². The van der Waals surface area contributed by atoms with Crippen molar-refractivity contribution in [1.82, 2.24) is 4.57 Å². The molecule has 2 rings (SSSR count). The number of benzene rings is 1. The third-order valence-electron chi connectivity index (χ3n) is 2.09. The largest absolute Gasteiger partial charge is 0.310 e. The van der Waals surface area contributed by atoms with Crippen LogP contribution in [0, 0.1) is 0 Å². The highest BCUT2D eigenvalue weighted by Crippen LogP contribution is 2.10. The zero-order valence-electron chi connectivity index (χ0n) is 7.77. The highest BCUT2D eigenvalue weighted by atomic mass is 79.9. The lowest BCUT2D eigenvalue weighted by molar-refractivity contribution is 0.732. The maximum absolute atomic E-state index is 11.9. The van der Waals surface area contributed by atoms with Gasteiger partial charge in [0.15, 0.2) is 0 Å². The first kappa shape index (κ1) is 10.6. The monoisotopic (exact) mass is 285 g/mol. The van der Waals surface area contributed by atoms with Crippen molar-refractivity contribution < 1.29 is 0 Å². The van der Waals surface area contributed by atoms with Gasteiger partial charge in [0.1, 0.15) is 0 Å². The Bertz CT molecular complexity index is 602. The SMILES string of the molecule is O=c1sc2ccccc2c(=O)n1CCBr. The molecule has 0 aliphatic heterocycles. The van der Waals surface area contributed by atoms with E-state index >= 15 is 0 Å². The molecule has 1 heterocycles. The second kappa shape index (κ2) is 4.28. The molecular weight excluding hydrogens is 278 g/mol. The molecule has 0 spiro atoms. The summed E-state index contributed by atoms with van der Waals surface area (Å²) in [6, 6.07) is 7.17. The maximum atomic E-state index is 11.9. The van der Waals surface area contributed by atoms with E-state index in [1.807, 2.05) is 6.07 Å². The summed E-state index contributed by atoms with van der Waals surface area (Å²) in [6.07, 6.45) is 0. The average molecular weight is 286 g/mol. The van der Waals surface area contributed by atoms with Crippen molar-refractivity contribution in [2.24, 2.45) is 0 Å². The summed E-state index contributed by atoms with van der Waals surface area (Å²) in [6.45, 7) is 0.416. The van der Waals surface area contributed by atoms with Gasteiger partial charge in [0.25, 0.3) is 5.56 Å². The number of hydrogen-bond donors (Lipinski definition) is 0. The van der Waals surface area contributed by atoms with Crippen LogP contribution in [0.3, 0.4) is 0 Å². The van der Waals surface area contributed by atoms with Crippen LogP contribution in [0.1, 0.15) is 0 Å². The van der Waals surface area contributed by atoms with E-state index in [4.69, 9.17) is 0 Å². The standard InChI is InChI=1S/C10H8BrNO2S/c11-5-6-12-9(13)7-3-1-2-4-8(7)15-10(12)14/h1-4H,5-6H2. The van der Waals surface area contributed by atoms with Crippen molar-refractivity contribution in [1.29, 1.82) is 0 Å². The van der Waals surface area contributed by atoms with Crippen LogP contribution in [0.15, 0.2) is 33.9 Å². The third-order valence-corrected chi connectivity index (χ3v) is 3.41. The average Bonchev–Trinajstić information content (AvgIpc) is 2.24. The number of fused-ring (bicyclic) bond motifs is 1. The van der Waals surface area contributed by atoms with E-state index in [1.165, 1.54) is 4.57 Å². The second-order valence-corrected chi connectivity index (χ2v) is 4.80. The molecule has 2 aromatic rings. The fraction of sp³-hybridized carbons (Fsp3) is 0.200. The van der Waals surface area contributed by atoms with E-state index < -0.39 is 0 Å². The maximum Gasteiger partial charge on any atom is 0.310 e. The van der Waals surface area contributed by atoms with Crippen molar-refractivity contribution in [2.75, 3.05) is 5.33 Å². The molecule has 0 unspecified atom stereocenters. The van der Waals surface area contributed by atoms with E-state index in [0.717, 1.165) is 16.0 Å². The summed E-state index contributed by atoms with van der Waals surface area (Å²) in [5.74, 6) is 0. The van der Waals surface area contributed by atoms with Crippen LogP contribution in [0.4, 0.5) is 0 Å². The molecule has 0 atom stereocenters. The van der Waals surface area contributed by atoms with E-state index in [2.05, 4.69) is 15.9 Å². The first-order valence-electron chi connectivity index (χ1n) is 4.42. The van der Waals surface area contributed by atoms with Crippen molar-refractivity contribution in [3.63, 3.8) is 0 Å². The number of aromatic nitrogens is 1. The highest BCUT2D eigenvalue weighted by molar-refractivity contribution is 9.09. The molecule has 5 heteroatoms. The fourth-order valence-corrected chi connectivity index (χ4v) is 2.63. The lowest BCUT2D eigenvalue weighted by atomic mass is 10.3. The van der Waals surface area contributed by atoms with Gasteiger partial charge in [-0.3, -0.25) is 14.2 Å². The number of halogens is 1. The van der Waals surface area contributed by atoms with Gasteiger partial charge < -0.3 is 0 Å². The molecule has 0 bridgehead atoms. The molecule has 0 N–H and O–H groups in total. The molecule has 1 aromatic heterocycles. The highest BCUT2D eigenvalue weighted by Gasteiger charge is 2.06.